The van der Waals surface area contributed by atoms with Crippen LogP contribution in [0.5, 0.6) is 17.2 Å². The van der Waals surface area contributed by atoms with Crippen LogP contribution in [0, 0.1) is 0 Å². The van der Waals surface area contributed by atoms with Gasteiger partial charge in [-0.05, 0) is 55.3 Å². The van der Waals surface area contributed by atoms with Crippen molar-refractivity contribution < 1.29 is 19.0 Å². The molecule has 27 heavy (non-hydrogen) atoms. The monoisotopic (exact) mass is 385 g/mol. The Balaban J connectivity index is 1.41. The van der Waals surface area contributed by atoms with Gasteiger partial charge in [0.05, 0.1) is 6.61 Å². The summed E-state index contributed by atoms with van der Waals surface area (Å²) in [4.78, 5) is 14.8. The largest absolute Gasteiger partial charge is 0.494 e. The summed E-state index contributed by atoms with van der Waals surface area (Å²) in [5, 5.41) is 0.359. The summed E-state index contributed by atoms with van der Waals surface area (Å²) in [6, 6.07) is 13.6. The lowest BCUT2D eigenvalue weighted by atomic mass is 10.1. The Bertz CT molecular complexity index is 808. The second-order valence-electron chi connectivity index (χ2n) is 6.51. The normalized spacial score (nSPS) is 18.9. The standard InChI is InChI=1S/C21H23NO4S/c1-2-24-17-6-3-15(4-7-17)21(23)22-10-9-20(27-12-11-22)16-5-8-18-19(13-16)26-14-25-18/h3-8,13,20H,2,9-12,14H2,1H3. The molecule has 1 unspecified atom stereocenters. The summed E-state index contributed by atoms with van der Waals surface area (Å²) >= 11 is 1.90. The van der Waals surface area contributed by atoms with Crippen molar-refractivity contribution in [2.75, 3.05) is 32.2 Å². The zero-order valence-corrected chi connectivity index (χ0v) is 16.2. The average Bonchev–Trinajstić information content (AvgIpc) is 3.03. The molecule has 0 aromatic heterocycles. The molecule has 2 aromatic carbocycles. The van der Waals surface area contributed by atoms with Gasteiger partial charge < -0.3 is 19.1 Å². The molecule has 2 aliphatic heterocycles. The summed E-state index contributed by atoms with van der Waals surface area (Å²) in [5.41, 5.74) is 1.95. The molecule has 0 spiro atoms. The van der Waals surface area contributed by atoms with E-state index in [-0.39, 0.29) is 5.91 Å². The zero-order chi connectivity index (χ0) is 18.6. The number of carbonyl (C=O) groups is 1. The lowest BCUT2D eigenvalue weighted by Crippen LogP contribution is -2.32. The SMILES string of the molecule is CCOc1ccc(C(=O)N2CCSC(c3ccc4c(c3)OCO4)CC2)cc1. The minimum atomic E-state index is 0.0879. The fourth-order valence-corrected chi connectivity index (χ4v) is 4.62. The van der Waals surface area contributed by atoms with Crippen LogP contribution >= 0.6 is 11.8 Å². The van der Waals surface area contributed by atoms with Gasteiger partial charge in [-0.2, -0.15) is 11.8 Å². The molecule has 2 heterocycles. The maximum atomic E-state index is 12.9. The van der Waals surface area contributed by atoms with Gasteiger partial charge in [0, 0.05) is 29.7 Å². The second-order valence-corrected chi connectivity index (χ2v) is 7.82. The predicted molar refractivity (Wildman–Crippen MR) is 106 cm³/mol. The molecule has 2 aromatic rings. The first-order chi connectivity index (χ1) is 13.2. The third kappa shape index (κ3) is 4.00. The summed E-state index contributed by atoms with van der Waals surface area (Å²) in [6.45, 7) is 4.37. The lowest BCUT2D eigenvalue weighted by Gasteiger charge is -2.20. The Labute approximate surface area is 163 Å². The fraction of sp³-hybridized carbons (Fsp3) is 0.381. The summed E-state index contributed by atoms with van der Waals surface area (Å²) in [6.07, 6.45) is 0.924. The van der Waals surface area contributed by atoms with Crippen molar-refractivity contribution in [2.45, 2.75) is 18.6 Å². The van der Waals surface area contributed by atoms with Crippen molar-refractivity contribution in [1.82, 2.24) is 4.90 Å². The maximum Gasteiger partial charge on any atom is 0.253 e. The van der Waals surface area contributed by atoms with E-state index in [0.717, 1.165) is 42.5 Å². The smallest absolute Gasteiger partial charge is 0.253 e. The van der Waals surface area contributed by atoms with E-state index in [1.165, 1.54) is 5.56 Å². The number of hydrogen-bond donors (Lipinski definition) is 0. The lowest BCUT2D eigenvalue weighted by molar-refractivity contribution is 0.0766. The highest BCUT2D eigenvalue weighted by Gasteiger charge is 2.24. The molecule has 1 atom stereocenters. The highest BCUT2D eigenvalue weighted by atomic mass is 32.2. The molecule has 5 nitrogen and oxygen atoms in total. The van der Waals surface area contributed by atoms with Crippen LogP contribution in [0.2, 0.25) is 0 Å². The number of nitrogens with zero attached hydrogens (tertiary/aromatic N) is 1. The average molecular weight is 385 g/mol. The van der Waals surface area contributed by atoms with E-state index in [1.807, 2.05) is 53.9 Å². The van der Waals surface area contributed by atoms with Crippen LogP contribution in [0.25, 0.3) is 0 Å². The highest BCUT2D eigenvalue weighted by Crippen LogP contribution is 2.40. The first-order valence-corrected chi connectivity index (χ1v) is 10.3. The van der Waals surface area contributed by atoms with Crippen molar-refractivity contribution in [1.29, 1.82) is 0 Å². The number of carbonyl (C=O) groups excluding carboxylic acids is 1. The van der Waals surface area contributed by atoms with Gasteiger partial charge in [-0.3, -0.25) is 4.79 Å². The Morgan fingerprint density at radius 1 is 1.15 bits per heavy atom. The summed E-state index contributed by atoms with van der Waals surface area (Å²) in [5.74, 6) is 3.43. The van der Waals surface area contributed by atoms with Gasteiger partial charge in [0.15, 0.2) is 11.5 Å². The Kier molecular flexibility index (Phi) is 5.43. The Hall–Kier alpha value is -2.34. The Morgan fingerprint density at radius 2 is 1.96 bits per heavy atom. The molecule has 2 aliphatic rings. The van der Waals surface area contributed by atoms with Crippen molar-refractivity contribution in [2.24, 2.45) is 0 Å². The molecule has 4 rings (SSSR count). The van der Waals surface area contributed by atoms with E-state index in [4.69, 9.17) is 14.2 Å². The van der Waals surface area contributed by atoms with Crippen LogP contribution < -0.4 is 14.2 Å². The van der Waals surface area contributed by atoms with Gasteiger partial charge in [-0.15, -0.1) is 0 Å². The molecule has 0 radical (unpaired) electrons. The first kappa shape index (κ1) is 18.0. The second kappa shape index (κ2) is 8.13. The van der Waals surface area contributed by atoms with Crippen molar-refractivity contribution in [3.05, 3.63) is 53.6 Å². The predicted octanol–water partition coefficient (Wildman–Crippen LogP) is 4.13. The van der Waals surface area contributed by atoms with Gasteiger partial charge >= 0.3 is 0 Å². The van der Waals surface area contributed by atoms with Crippen LogP contribution in [0.15, 0.2) is 42.5 Å². The van der Waals surface area contributed by atoms with Gasteiger partial charge in [-0.1, -0.05) is 6.07 Å². The number of ether oxygens (including phenoxy) is 3. The van der Waals surface area contributed by atoms with Crippen molar-refractivity contribution in [3.63, 3.8) is 0 Å². The topological polar surface area (TPSA) is 48.0 Å². The van der Waals surface area contributed by atoms with E-state index in [1.54, 1.807) is 0 Å². The van der Waals surface area contributed by atoms with Crippen LogP contribution in [0.4, 0.5) is 0 Å². The molecule has 0 N–H and O–H groups in total. The van der Waals surface area contributed by atoms with E-state index < -0.39 is 0 Å². The van der Waals surface area contributed by atoms with Crippen LogP contribution in [-0.4, -0.2) is 43.0 Å². The number of rotatable bonds is 4. The van der Waals surface area contributed by atoms with Crippen LogP contribution in [0.3, 0.4) is 0 Å². The van der Waals surface area contributed by atoms with Gasteiger partial charge in [-0.25, -0.2) is 0 Å². The maximum absolute atomic E-state index is 12.9. The van der Waals surface area contributed by atoms with Crippen molar-refractivity contribution in [3.8, 4) is 17.2 Å². The molecular weight excluding hydrogens is 362 g/mol. The van der Waals surface area contributed by atoms with Crippen LogP contribution in [-0.2, 0) is 0 Å². The first-order valence-electron chi connectivity index (χ1n) is 9.28. The minimum Gasteiger partial charge on any atom is -0.494 e. The van der Waals surface area contributed by atoms with Gasteiger partial charge in [0.1, 0.15) is 5.75 Å². The van der Waals surface area contributed by atoms with E-state index in [9.17, 15) is 4.79 Å². The molecule has 0 bridgehead atoms. The van der Waals surface area contributed by atoms with Crippen molar-refractivity contribution >= 4 is 17.7 Å². The number of thioether (sulfide) groups is 1. The Morgan fingerprint density at radius 3 is 2.78 bits per heavy atom. The highest BCUT2D eigenvalue weighted by molar-refractivity contribution is 7.99. The molecule has 1 saturated heterocycles. The summed E-state index contributed by atoms with van der Waals surface area (Å²) < 4.78 is 16.3. The number of benzene rings is 2. The quantitative estimate of drug-likeness (QED) is 0.792. The fourth-order valence-electron chi connectivity index (χ4n) is 3.40. The summed E-state index contributed by atoms with van der Waals surface area (Å²) in [7, 11) is 0. The van der Waals surface area contributed by atoms with E-state index in [0.29, 0.717) is 24.2 Å². The molecule has 0 saturated carbocycles. The third-order valence-electron chi connectivity index (χ3n) is 4.81. The van der Waals surface area contributed by atoms with E-state index >= 15 is 0 Å². The molecule has 1 fully saturated rings. The van der Waals surface area contributed by atoms with Crippen LogP contribution in [0.1, 0.15) is 34.5 Å². The molecule has 1 amide bonds. The van der Waals surface area contributed by atoms with Gasteiger partial charge in [0.25, 0.3) is 5.91 Å². The number of fused-ring (bicyclic) bond motifs is 1. The molecule has 142 valence electrons. The van der Waals surface area contributed by atoms with Gasteiger partial charge in [0.2, 0.25) is 6.79 Å². The molecule has 0 aliphatic carbocycles. The minimum absolute atomic E-state index is 0.0879. The zero-order valence-electron chi connectivity index (χ0n) is 15.3. The molecule has 6 heteroatoms. The number of amides is 1. The van der Waals surface area contributed by atoms with E-state index in [2.05, 4.69) is 12.1 Å². The number of hydrogen-bond acceptors (Lipinski definition) is 5. The third-order valence-corrected chi connectivity index (χ3v) is 6.14. The molecular formula is C21H23NO4S.